The van der Waals surface area contributed by atoms with Crippen LogP contribution in [0.2, 0.25) is 5.02 Å². The molecule has 1 aromatic carbocycles. The number of hydrogen-bond acceptors (Lipinski definition) is 7. The van der Waals surface area contributed by atoms with Gasteiger partial charge in [0, 0.05) is 13.1 Å². The predicted octanol–water partition coefficient (Wildman–Crippen LogP) is 3.00. The van der Waals surface area contributed by atoms with Crippen LogP contribution in [-0.4, -0.2) is 34.6 Å². The highest BCUT2D eigenvalue weighted by molar-refractivity contribution is 6.34. The largest absolute Gasteiger partial charge is 0.464 e. The van der Waals surface area contributed by atoms with Gasteiger partial charge in [0.15, 0.2) is 5.02 Å². The minimum atomic E-state index is -1.18. The number of rotatable bonds is 6. The summed E-state index contributed by atoms with van der Waals surface area (Å²) in [6, 6.07) is -0.0227. The standard InChI is InChI=1S/C17H16ClFN2O7/c1-4-27-17(24)11-6-20(8(2)7-28-9(3)22)14-10(16(11)23)5-12(19)13(18)15(14)21(25)26/h5-6,8H,4,7H2,1-3H3/t8-/m0/s1. The summed E-state index contributed by atoms with van der Waals surface area (Å²) in [6.45, 7) is 4.00. The van der Waals surface area contributed by atoms with Crippen LogP contribution in [0, 0.1) is 15.9 Å². The Morgan fingerprint density at radius 2 is 2.04 bits per heavy atom. The summed E-state index contributed by atoms with van der Waals surface area (Å²) in [6.07, 6.45) is 1.05. The summed E-state index contributed by atoms with van der Waals surface area (Å²) in [7, 11) is 0. The number of nitrogens with zero attached hydrogens (tertiary/aromatic N) is 2. The van der Waals surface area contributed by atoms with Crippen molar-refractivity contribution in [3.63, 3.8) is 0 Å². The lowest BCUT2D eigenvalue weighted by molar-refractivity contribution is -0.383. The maximum absolute atomic E-state index is 14.1. The Hall–Kier alpha value is -3.01. The molecule has 0 fully saturated rings. The molecule has 1 atom stereocenters. The van der Waals surface area contributed by atoms with E-state index in [0.29, 0.717) is 0 Å². The summed E-state index contributed by atoms with van der Waals surface area (Å²) >= 11 is 5.77. The van der Waals surface area contributed by atoms with Gasteiger partial charge in [0.2, 0.25) is 5.43 Å². The topological polar surface area (TPSA) is 118 Å². The van der Waals surface area contributed by atoms with E-state index in [4.69, 9.17) is 21.1 Å². The number of carbonyl (C=O) groups excluding carboxylic acids is 2. The fraction of sp³-hybridized carbons (Fsp3) is 0.353. The van der Waals surface area contributed by atoms with Gasteiger partial charge in [0.25, 0.3) is 0 Å². The molecule has 0 saturated heterocycles. The summed E-state index contributed by atoms with van der Waals surface area (Å²) in [5.41, 5.74) is -2.52. The van der Waals surface area contributed by atoms with Crippen molar-refractivity contribution in [3.8, 4) is 0 Å². The summed E-state index contributed by atoms with van der Waals surface area (Å²) < 4.78 is 25.1. The lowest BCUT2D eigenvalue weighted by atomic mass is 10.1. The second kappa shape index (κ2) is 8.34. The van der Waals surface area contributed by atoms with Crippen molar-refractivity contribution < 1.29 is 28.4 Å². The van der Waals surface area contributed by atoms with Crippen LogP contribution >= 0.6 is 11.6 Å². The van der Waals surface area contributed by atoms with Crippen LogP contribution in [0.15, 0.2) is 17.1 Å². The molecule has 1 aromatic heterocycles. The number of carbonyl (C=O) groups is 2. The molecule has 0 aliphatic carbocycles. The van der Waals surface area contributed by atoms with Gasteiger partial charge in [-0.3, -0.25) is 19.7 Å². The summed E-state index contributed by atoms with van der Waals surface area (Å²) in [5, 5.41) is 10.3. The molecule has 11 heteroatoms. The Balaban J connectivity index is 2.93. The number of benzene rings is 1. The average Bonchev–Trinajstić information content (AvgIpc) is 2.61. The Morgan fingerprint density at radius 1 is 1.39 bits per heavy atom. The average molecular weight is 415 g/mol. The van der Waals surface area contributed by atoms with Crippen LogP contribution in [0.3, 0.4) is 0 Å². The molecule has 0 N–H and O–H groups in total. The maximum atomic E-state index is 14.1. The monoisotopic (exact) mass is 414 g/mol. The second-order valence-corrected chi connectivity index (χ2v) is 6.20. The molecule has 0 radical (unpaired) electrons. The third-order valence-corrected chi connectivity index (χ3v) is 4.22. The highest BCUT2D eigenvalue weighted by atomic mass is 35.5. The van der Waals surface area contributed by atoms with Crippen molar-refractivity contribution in [2.75, 3.05) is 13.2 Å². The Kier molecular flexibility index (Phi) is 6.34. The number of nitro benzene ring substituents is 1. The first-order chi connectivity index (χ1) is 13.1. The van der Waals surface area contributed by atoms with E-state index in [1.54, 1.807) is 0 Å². The van der Waals surface area contributed by atoms with E-state index in [9.17, 15) is 28.9 Å². The van der Waals surface area contributed by atoms with Gasteiger partial charge >= 0.3 is 17.6 Å². The van der Waals surface area contributed by atoms with E-state index >= 15 is 0 Å². The molecular formula is C17H16ClFN2O7. The molecule has 0 aliphatic rings. The van der Waals surface area contributed by atoms with E-state index in [0.717, 1.165) is 12.3 Å². The zero-order valence-electron chi connectivity index (χ0n) is 15.2. The molecule has 0 amide bonds. The molecule has 2 aromatic rings. The number of pyridine rings is 1. The number of hydrogen-bond donors (Lipinski definition) is 0. The molecule has 1 heterocycles. The third-order valence-electron chi connectivity index (χ3n) is 3.86. The Bertz CT molecular complexity index is 1030. The zero-order valence-corrected chi connectivity index (χ0v) is 15.9. The lowest BCUT2D eigenvalue weighted by Crippen LogP contribution is -2.24. The molecule has 0 bridgehead atoms. The zero-order chi connectivity index (χ0) is 21.2. The van der Waals surface area contributed by atoms with Gasteiger partial charge < -0.3 is 14.0 Å². The highest BCUT2D eigenvalue weighted by Gasteiger charge is 2.29. The maximum Gasteiger partial charge on any atom is 0.343 e. The smallest absolute Gasteiger partial charge is 0.343 e. The molecule has 28 heavy (non-hydrogen) atoms. The molecule has 150 valence electrons. The quantitative estimate of drug-likeness (QED) is 0.405. The van der Waals surface area contributed by atoms with Crippen molar-refractivity contribution >= 4 is 40.1 Å². The lowest BCUT2D eigenvalue weighted by Gasteiger charge is -2.20. The van der Waals surface area contributed by atoms with E-state index < -0.39 is 55.8 Å². The van der Waals surface area contributed by atoms with Crippen LogP contribution in [0.25, 0.3) is 10.9 Å². The number of ether oxygens (including phenoxy) is 2. The molecule has 0 spiro atoms. The normalized spacial score (nSPS) is 11.9. The molecule has 0 saturated carbocycles. The fourth-order valence-electron chi connectivity index (χ4n) is 2.63. The Morgan fingerprint density at radius 3 is 2.57 bits per heavy atom. The molecule has 9 nitrogen and oxygen atoms in total. The van der Waals surface area contributed by atoms with Gasteiger partial charge in [0.05, 0.1) is 23.0 Å². The van der Waals surface area contributed by atoms with E-state index in [2.05, 4.69) is 0 Å². The number of aromatic nitrogens is 1. The number of esters is 2. The van der Waals surface area contributed by atoms with Gasteiger partial charge in [-0.2, -0.15) is 0 Å². The van der Waals surface area contributed by atoms with Gasteiger partial charge in [-0.15, -0.1) is 0 Å². The van der Waals surface area contributed by atoms with Crippen molar-refractivity contribution in [1.29, 1.82) is 0 Å². The van der Waals surface area contributed by atoms with Crippen molar-refractivity contribution in [1.82, 2.24) is 4.57 Å². The van der Waals surface area contributed by atoms with Crippen LogP contribution in [0.4, 0.5) is 10.1 Å². The number of fused-ring (bicyclic) bond motifs is 1. The number of nitro groups is 1. The minimum absolute atomic E-state index is 0.0194. The van der Waals surface area contributed by atoms with Gasteiger partial charge in [-0.05, 0) is 19.9 Å². The van der Waals surface area contributed by atoms with Gasteiger partial charge in [-0.1, -0.05) is 11.6 Å². The predicted molar refractivity (Wildman–Crippen MR) is 97.1 cm³/mol. The van der Waals surface area contributed by atoms with Gasteiger partial charge in [0.1, 0.15) is 23.5 Å². The summed E-state index contributed by atoms with van der Waals surface area (Å²) in [4.78, 5) is 46.5. The van der Waals surface area contributed by atoms with Crippen LogP contribution in [0.5, 0.6) is 0 Å². The van der Waals surface area contributed by atoms with Crippen LogP contribution in [0.1, 0.15) is 37.2 Å². The summed E-state index contributed by atoms with van der Waals surface area (Å²) in [5.74, 6) is -2.75. The van der Waals surface area contributed by atoms with Crippen LogP contribution < -0.4 is 5.43 Å². The first-order valence-electron chi connectivity index (χ1n) is 8.11. The highest BCUT2D eigenvalue weighted by Crippen LogP contribution is 2.35. The molecular weight excluding hydrogens is 399 g/mol. The van der Waals surface area contributed by atoms with Gasteiger partial charge in [-0.25, -0.2) is 9.18 Å². The van der Waals surface area contributed by atoms with E-state index in [1.807, 2.05) is 0 Å². The second-order valence-electron chi connectivity index (χ2n) is 5.83. The van der Waals surface area contributed by atoms with E-state index in [-0.39, 0.29) is 18.7 Å². The first-order valence-corrected chi connectivity index (χ1v) is 8.49. The molecule has 0 aliphatic heterocycles. The third kappa shape index (κ3) is 3.96. The molecule has 2 rings (SSSR count). The number of halogens is 2. The van der Waals surface area contributed by atoms with E-state index in [1.165, 1.54) is 25.3 Å². The fourth-order valence-corrected chi connectivity index (χ4v) is 2.84. The minimum Gasteiger partial charge on any atom is -0.464 e. The van der Waals surface area contributed by atoms with Crippen molar-refractivity contribution in [3.05, 3.63) is 49.0 Å². The van der Waals surface area contributed by atoms with Crippen molar-refractivity contribution in [2.45, 2.75) is 26.8 Å². The SMILES string of the molecule is CCOC(=O)c1cn([C@@H](C)COC(C)=O)c2c([N+](=O)[O-])c(Cl)c(F)cc2c1=O. The van der Waals surface area contributed by atoms with Crippen molar-refractivity contribution in [2.24, 2.45) is 0 Å². The molecule has 0 unspecified atom stereocenters. The van der Waals surface area contributed by atoms with Crippen LogP contribution in [-0.2, 0) is 14.3 Å². The Labute approximate surface area is 162 Å². The first kappa shape index (κ1) is 21.3.